The number of amides is 1. The molecule has 9 heteroatoms. The molecule has 6 aliphatic rings. The van der Waals surface area contributed by atoms with E-state index in [2.05, 4.69) is 53.0 Å². The van der Waals surface area contributed by atoms with Gasteiger partial charge in [0.15, 0.2) is 0 Å². The Kier molecular flexibility index (Phi) is 11.5. The van der Waals surface area contributed by atoms with Gasteiger partial charge in [0.05, 0.1) is 35.5 Å². The number of aliphatic imine (C=N–C) groups is 1. The van der Waals surface area contributed by atoms with Crippen molar-refractivity contribution in [3.05, 3.63) is 47.0 Å². The fourth-order valence-corrected chi connectivity index (χ4v) is 15.2. The highest BCUT2D eigenvalue weighted by Crippen LogP contribution is 2.78. The summed E-state index contributed by atoms with van der Waals surface area (Å²) >= 11 is 6.17. The zero-order valence-electron chi connectivity index (χ0n) is 36.8. The maximum atomic E-state index is 15.4. The van der Waals surface area contributed by atoms with Gasteiger partial charge in [-0.3, -0.25) is 19.4 Å². The number of carboxylic acid groups (broad SMARTS) is 1. The lowest BCUT2D eigenvalue weighted by Gasteiger charge is -2.73. The Morgan fingerprint density at radius 2 is 1.64 bits per heavy atom. The summed E-state index contributed by atoms with van der Waals surface area (Å²) in [6, 6.07) is 7.78. The van der Waals surface area contributed by atoms with E-state index in [9.17, 15) is 14.7 Å². The van der Waals surface area contributed by atoms with Crippen molar-refractivity contribution in [1.29, 1.82) is 0 Å². The molecule has 11 atom stereocenters. The number of aliphatic carboxylic acids is 1. The van der Waals surface area contributed by atoms with Crippen LogP contribution in [0.1, 0.15) is 144 Å². The molecule has 1 aromatic rings. The molecule has 8 nitrogen and oxygen atoms in total. The van der Waals surface area contributed by atoms with E-state index in [0.717, 1.165) is 94.9 Å². The van der Waals surface area contributed by atoms with Crippen LogP contribution in [0.5, 0.6) is 0 Å². The van der Waals surface area contributed by atoms with Crippen molar-refractivity contribution in [2.75, 3.05) is 19.6 Å². The average Bonchev–Trinajstić information content (AvgIpc) is 3.79. The van der Waals surface area contributed by atoms with Crippen LogP contribution in [0.15, 0.2) is 41.4 Å². The van der Waals surface area contributed by atoms with Crippen LogP contribution in [0.25, 0.3) is 0 Å². The van der Waals surface area contributed by atoms with Crippen molar-refractivity contribution in [3.63, 3.8) is 0 Å². The zero-order chi connectivity index (χ0) is 42.2. The van der Waals surface area contributed by atoms with Crippen LogP contribution < -0.4 is 5.73 Å². The minimum absolute atomic E-state index is 0.0819. The summed E-state index contributed by atoms with van der Waals surface area (Å²) in [5, 5.41) is 10.3. The summed E-state index contributed by atoms with van der Waals surface area (Å²) in [6.45, 7) is 24.1. The van der Waals surface area contributed by atoms with E-state index < -0.39 is 17.4 Å². The lowest BCUT2D eigenvalue weighted by Crippen LogP contribution is -2.67. The molecule has 7 rings (SSSR count). The molecular formula is C49H72ClN3O5. The number of fused-ring (bicyclic) bond motifs is 7. The van der Waals surface area contributed by atoms with Gasteiger partial charge in [-0.2, -0.15) is 0 Å². The normalized spacial score (nSPS) is 39.5. The van der Waals surface area contributed by atoms with Crippen molar-refractivity contribution in [1.82, 2.24) is 4.90 Å². The molecule has 1 aliphatic heterocycles. The van der Waals surface area contributed by atoms with Gasteiger partial charge in [-0.25, -0.2) is 0 Å². The van der Waals surface area contributed by atoms with E-state index in [4.69, 9.17) is 27.1 Å². The Balaban J connectivity index is 1.13. The van der Waals surface area contributed by atoms with E-state index >= 15 is 4.79 Å². The van der Waals surface area contributed by atoms with E-state index in [0.29, 0.717) is 53.6 Å². The minimum atomic E-state index is -1.16. The Hall–Kier alpha value is -2.71. The fourth-order valence-electron chi connectivity index (χ4n) is 15.0. The van der Waals surface area contributed by atoms with Crippen LogP contribution in [-0.4, -0.2) is 65.3 Å². The van der Waals surface area contributed by atoms with Gasteiger partial charge in [-0.05, 0) is 161 Å². The predicted octanol–water partition coefficient (Wildman–Crippen LogP) is 10.1. The quantitative estimate of drug-likeness (QED) is 0.138. The van der Waals surface area contributed by atoms with Crippen LogP contribution in [0, 0.1) is 62.1 Å². The van der Waals surface area contributed by atoms with Gasteiger partial charge in [0.25, 0.3) is 0 Å². The summed E-state index contributed by atoms with van der Waals surface area (Å²) in [7, 11) is 0. The maximum Gasteiger partial charge on any atom is 0.309 e. The highest BCUT2D eigenvalue weighted by molar-refractivity contribution is 6.30. The number of carbonyl (C=O) groups is 3. The van der Waals surface area contributed by atoms with Crippen molar-refractivity contribution in [3.8, 4) is 0 Å². The largest absolute Gasteiger partial charge is 0.481 e. The fraction of sp³-hybridized carbons (Fsp3) is 0.755. The smallest absolute Gasteiger partial charge is 0.309 e. The maximum absolute atomic E-state index is 15.4. The van der Waals surface area contributed by atoms with Gasteiger partial charge in [-0.1, -0.05) is 70.5 Å². The number of carboxylic acids is 1. The van der Waals surface area contributed by atoms with Crippen LogP contribution >= 0.6 is 11.6 Å². The second kappa shape index (κ2) is 15.3. The van der Waals surface area contributed by atoms with Gasteiger partial charge in [0, 0.05) is 23.5 Å². The molecule has 0 radical (unpaired) electrons. The molecule has 1 saturated heterocycles. The molecule has 6 fully saturated rings. The minimum Gasteiger partial charge on any atom is -0.481 e. The van der Waals surface area contributed by atoms with Crippen LogP contribution in [0.4, 0.5) is 0 Å². The summed E-state index contributed by atoms with van der Waals surface area (Å²) < 4.78 is 6.21. The van der Waals surface area contributed by atoms with E-state index in [1.807, 2.05) is 24.3 Å². The number of likely N-dealkylation sites (tertiary alicyclic amines) is 1. The van der Waals surface area contributed by atoms with Crippen molar-refractivity contribution < 1.29 is 24.2 Å². The van der Waals surface area contributed by atoms with E-state index in [-0.39, 0.29) is 45.6 Å². The lowest BCUT2D eigenvalue weighted by molar-refractivity contribution is -0.250. The monoisotopic (exact) mass is 818 g/mol. The molecule has 3 N–H and O–H groups in total. The first-order valence-corrected chi connectivity index (χ1v) is 22.9. The number of hydrogen-bond donors (Lipinski definition) is 2. The molecule has 11 unspecified atom stereocenters. The summed E-state index contributed by atoms with van der Waals surface area (Å²) in [4.78, 5) is 47.7. The molecule has 1 aromatic carbocycles. The second-order valence-corrected chi connectivity index (χ2v) is 22.3. The number of nitrogens with two attached hydrogens (primary N) is 1. The Morgan fingerprint density at radius 1 is 0.931 bits per heavy atom. The highest BCUT2D eigenvalue weighted by atomic mass is 35.5. The van der Waals surface area contributed by atoms with Gasteiger partial charge in [-0.15, -0.1) is 0 Å². The molecular weight excluding hydrogens is 746 g/mol. The second-order valence-electron chi connectivity index (χ2n) is 21.8. The molecule has 5 saturated carbocycles. The zero-order valence-corrected chi connectivity index (χ0v) is 37.6. The summed E-state index contributed by atoms with van der Waals surface area (Å²) in [5.41, 5.74) is 7.84. The third-order valence-electron chi connectivity index (χ3n) is 18.4. The summed E-state index contributed by atoms with van der Waals surface area (Å²) in [5.74, 6) is 1.02. The van der Waals surface area contributed by atoms with Crippen LogP contribution in [-0.2, 0) is 19.1 Å². The molecule has 58 heavy (non-hydrogen) atoms. The van der Waals surface area contributed by atoms with Crippen molar-refractivity contribution in [2.24, 2.45) is 72.8 Å². The lowest BCUT2D eigenvalue weighted by atomic mass is 9.32. The van der Waals surface area contributed by atoms with Gasteiger partial charge < -0.3 is 20.5 Å². The molecule has 5 aliphatic carbocycles. The van der Waals surface area contributed by atoms with E-state index in [1.165, 1.54) is 5.57 Å². The van der Waals surface area contributed by atoms with E-state index in [1.54, 1.807) is 13.8 Å². The standard InChI is InChI=1S/C49H72ClN3O5/c1-30(2)34-18-23-49(42(55)53-26-10-11-33(53)29-52-36(28-51)31-12-14-32(50)15-13-31)25-24-47(8)35(41(34)49)16-17-38-46(7)21-20-39(58-40(54)27-44(3,4)43(56)57)45(5,6)37(46)19-22-48(38,47)9/h12-15,33-35,37-39,41H,1,10-11,16-29,51H2,2-9H3,(H,56,57). The average molecular weight is 819 g/mol. The van der Waals surface area contributed by atoms with Crippen LogP contribution in [0.2, 0.25) is 5.02 Å². The molecule has 0 aromatic heterocycles. The number of halogens is 1. The predicted molar refractivity (Wildman–Crippen MR) is 232 cm³/mol. The van der Waals surface area contributed by atoms with Gasteiger partial charge >= 0.3 is 11.9 Å². The highest BCUT2D eigenvalue weighted by Gasteiger charge is 2.72. The summed E-state index contributed by atoms with van der Waals surface area (Å²) in [6.07, 6.45) is 12.0. The number of carbonyl (C=O) groups excluding carboxylic acids is 2. The van der Waals surface area contributed by atoms with Crippen molar-refractivity contribution >= 4 is 35.2 Å². The first kappa shape index (κ1) is 43.4. The molecule has 0 bridgehead atoms. The number of nitrogens with zero attached hydrogens (tertiary/aromatic N) is 2. The van der Waals surface area contributed by atoms with Crippen LogP contribution in [0.3, 0.4) is 0 Å². The Bertz CT molecular complexity index is 1820. The Labute approximate surface area is 353 Å². The van der Waals surface area contributed by atoms with Gasteiger partial charge in [0.1, 0.15) is 6.10 Å². The number of allylic oxidation sites excluding steroid dienone is 1. The van der Waals surface area contributed by atoms with Gasteiger partial charge in [0.2, 0.25) is 5.91 Å². The molecule has 1 amide bonds. The Morgan fingerprint density at radius 3 is 2.29 bits per heavy atom. The molecule has 1 heterocycles. The number of ether oxygens (including phenoxy) is 1. The topological polar surface area (TPSA) is 122 Å². The number of rotatable bonds is 10. The first-order valence-electron chi connectivity index (χ1n) is 22.5. The number of benzene rings is 1. The molecule has 0 spiro atoms. The SMILES string of the molecule is C=C(C)C1CCC2(C(=O)N3CCCC3CN=C(CN)c3ccc(Cl)cc3)CCC3(C)C(CCC4C5(C)CCC(OC(=O)CC(C)(C)C(=O)O)C(C)(C)C5CCC43C)C12. The third-order valence-corrected chi connectivity index (χ3v) is 18.6. The molecule has 320 valence electrons. The van der Waals surface area contributed by atoms with Crippen molar-refractivity contribution in [2.45, 2.75) is 151 Å². The first-order chi connectivity index (χ1) is 27.2. The number of hydrogen-bond acceptors (Lipinski definition) is 6. The third kappa shape index (κ3) is 6.81. The number of esters is 1.